The van der Waals surface area contributed by atoms with Gasteiger partial charge in [0.25, 0.3) is 0 Å². The summed E-state index contributed by atoms with van der Waals surface area (Å²) in [5, 5.41) is 0. The van der Waals surface area contributed by atoms with Crippen molar-refractivity contribution in [2.75, 3.05) is 60.1 Å². The highest BCUT2D eigenvalue weighted by molar-refractivity contribution is 5.79. The number of nitrogens with zero attached hydrogens (tertiary/aromatic N) is 3. The van der Waals surface area contributed by atoms with Crippen LogP contribution in [-0.4, -0.2) is 86.8 Å². The summed E-state index contributed by atoms with van der Waals surface area (Å²) in [6, 6.07) is 5.84. The summed E-state index contributed by atoms with van der Waals surface area (Å²) < 4.78 is 15.9. The number of piperazine rings is 1. The molecule has 166 valence electrons. The van der Waals surface area contributed by atoms with Crippen LogP contribution in [0.2, 0.25) is 0 Å². The van der Waals surface area contributed by atoms with Crippen molar-refractivity contribution >= 4 is 12.0 Å². The van der Waals surface area contributed by atoms with Gasteiger partial charge in [0.2, 0.25) is 5.91 Å². The molecule has 2 saturated heterocycles. The van der Waals surface area contributed by atoms with E-state index in [0.717, 1.165) is 49.5 Å². The normalized spacial score (nSPS) is 18.2. The molecule has 2 fully saturated rings. The summed E-state index contributed by atoms with van der Waals surface area (Å²) in [4.78, 5) is 30.7. The Kier molecular flexibility index (Phi) is 7.79. The summed E-state index contributed by atoms with van der Waals surface area (Å²) in [6.45, 7) is 6.95. The second kappa shape index (κ2) is 10.5. The number of benzene rings is 1. The summed E-state index contributed by atoms with van der Waals surface area (Å²) in [5.74, 6) is 1.95. The molecule has 2 heterocycles. The van der Waals surface area contributed by atoms with Crippen LogP contribution < -0.4 is 9.47 Å². The Morgan fingerprint density at radius 3 is 2.23 bits per heavy atom. The largest absolute Gasteiger partial charge is 0.497 e. The fourth-order valence-electron chi connectivity index (χ4n) is 4.17. The molecule has 1 aromatic rings. The third kappa shape index (κ3) is 5.36. The first-order chi connectivity index (χ1) is 14.5. The van der Waals surface area contributed by atoms with Gasteiger partial charge in [0.05, 0.1) is 20.8 Å². The smallest absolute Gasteiger partial charge is 0.409 e. The van der Waals surface area contributed by atoms with Crippen LogP contribution in [0.15, 0.2) is 18.2 Å². The van der Waals surface area contributed by atoms with E-state index in [1.165, 1.54) is 0 Å². The van der Waals surface area contributed by atoms with Gasteiger partial charge in [-0.2, -0.15) is 0 Å². The SMILES string of the molecule is CCOC(=O)N1CCN(C(=O)C2CCN(Cc3cc(OC)ccc3OC)CC2)CC1. The third-order valence-corrected chi connectivity index (χ3v) is 5.94. The van der Waals surface area contributed by atoms with E-state index in [1.54, 1.807) is 26.0 Å². The fourth-order valence-corrected chi connectivity index (χ4v) is 4.17. The lowest BCUT2D eigenvalue weighted by molar-refractivity contribution is -0.138. The number of carbonyl (C=O) groups is 2. The second-order valence-electron chi connectivity index (χ2n) is 7.74. The highest BCUT2D eigenvalue weighted by Crippen LogP contribution is 2.28. The summed E-state index contributed by atoms with van der Waals surface area (Å²) in [7, 11) is 3.34. The van der Waals surface area contributed by atoms with E-state index in [1.807, 2.05) is 23.1 Å². The first kappa shape index (κ1) is 22.2. The highest BCUT2D eigenvalue weighted by atomic mass is 16.6. The Bertz CT molecular complexity index is 725. The van der Waals surface area contributed by atoms with Gasteiger partial charge < -0.3 is 24.0 Å². The third-order valence-electron chi connectivity index (χ3n) is 5.94. The Balaban J connectivity index is 1.48. The fraction of sp³-hybridized carbons (Fsp3) is 0.636. The molecular weight excluding hydrogens is 386 g/mol. The van der Waals surface area contributed by atoms with E-state index in [9.17, 15) is 9.59 Å². The van der Waals surface area contributed by atoms with Crippen molar-refractivity contribution in [3.05, 3.63) is 23.8 Å². The van der Waals surface area contributed by atoms with Crippen molar-refractivity contribution in [3.8, 4) is 11.5 Å². The van der Waals surface area contributed by atoms with Crippen molar-refractivity contribution < 1.29 is 23.8 Å². The predicted molar refractivity (Wildman–Crippen MR) is 113 cm³/mol. The zero-order valence-corrected chi connectivity index (χ0v) is 18.3. The number of ether oxygens (including phenoxy) is 3. The molecule has 0 spiro atoms. The molecule has 0 saturated carbocycles. The first-order valence-electron chi connectivity index (χ1n) is 10.7. The molecule has 3 rings (SSSR count). The van der Waals surface area contributed by atoms with Gasteiger partial charge in [0.1, 0.15) is 11.5 Å². The molecule has 2 aliphatic heterocycles. The molecule has 0 bridgehead atoms. The van der Waals surface area contributed by atoms with Crippen LogP contribution in [0.5, 0.6) is 11.5 Å². The standard InChI is InChI=1S/C22H33N3O5/c1-4-30-22(27)25-13-11-24(12-14-25)21(26)17-7-9-23(10-8-17)16-18-15-19(28-2)5-6-20(18)29-3/h5-6,15,17H,4,7-14,16H2,1-3H3. The quantitative estimate of drug-likeness (QED) is 0.704. The van der Waals surface area contributed by atoms with Gasteiger partial charge in [-0.3, -0.25) is 9.69 Å². The van der Waals surface area contributed by atoms with Crippen LogP contribution in [-0.2, 0) is 16.1 Å². The number of piperidine rings is 1. The molecule has 0 aromatic heterocycles. The predicted octanol–water partition coefficient (Wildman–Crippen LogP) is 2.22. The lowest BCUT2D eigenvalue weighted by atomic mass is 9.94. The topological polar surface area (TPSA) is 71.6 Å². The molecular formula is C22H33N3O5. The van der Waals surface area contributed by atoms with E-state index in [4.69, 9.17) is 14.2 Å². The Morgan fingerprint density at radius 2 is 1.63 bits per heavy atom. The van der Waals surface area contributed by atoms with E-state index in [0.29, 0.717) is 32.8 Å². The van der Waals surface area contributed by atoms with Gasteiger partial charge in [0, 0.05) is 44.2 Å². The van der Waals surface area contributed by atoms with E-state index in [-0.39, 0.29) is 17.9 Å². The van der Waals surface area contributed by atoms with Crippen molar-refractivity contribution in [1.29, 1.82) is 0 Å². The number of likely N-dealkylation sites (tertiary alicyclic amines) is 1. The molecule has 0 atom stereocenters. The molecule has 2 aliphatic rings. The number of carbonyl (C=O) groups excluding carboxylic acids is 2. The Labute approximate surface area is 178 Å². The molecule has 0 aliphatic carbocycles. The number of rotatable bonds is 6. The zero-order valence-electron chi connectivity index (χ0n) is 18.3. The van der Waals surface area contributed by atoms with Gasteiger partial charge in [-0.15, -0.1) is 0 Å². The Morgan fingerprint density at radius 1 is 0.967 bits per heavy atom. The molecule has 0 unspecified atom stereocenters. The molecule has 8 nitrogen and oxygen atoms in total. The van der Waals surface area contributed by atoms with Gasteiger partial charge >= 0.3 is 6.09 Å². The van der Waals surface area contributed by atoms with Gasteiger partial charge in [-0.1, -0.05) is 0 Å². The van der Waals surface area contributed by atoms with Crippen LogP contribution in [0.1, 0.15) is 25.3 Å². The van der Waals surface area contributed by atoms with Crippen LogP contribution in [0, 0.1) is 5.92 Å². The summed E-state index contributed by atoms with van der Waals surface area (Å²) in [6.07, 6.45) is 1.41. The summed E-state index contributed by atoms with van der Waals surface area (Å²) in [5.41, 5.74) is 1.09. The maximum absolute atomic E-state index is 12.9. The molecule has 1 aromatic carbocycles. The van der Waals surface area contributed by atoms with Crippen molar-refractivity contribution in [1.82, 2.24) is 14.7 Å². The maximum Gasteiger partial charge on any atom is 0.409 e. The van der Waals surface area contributed by atoms with Crippen LogP contribution in [0.4, 0.5) is 4.79 Å². The van der Waals surface area contributed by atoms with Crippen LogP contribution in [0.3, 0.4) is 0 Å². The number of amides is 2. The molecule has 0 radical (unpaired) electrons. The number of hydrogen-bond donors (Lipinski definition) is 0. The molecule has 2 amide bonds. The first-order valence-corrected chi connectivity index (χ1v) is 10.7. The molecule has 0 N–H and O–H groups in total. The molecule has 30 heavy (non-hydrogen) atoms. The lowest BCUT2D eigenvalue weighted by Crippen LogP contribution is -2.53. The second-order valence-corrected chi connectivity index (χ2v) is 7.74. The maximum atomic E-state index is 12.9. The van der Waals surface area contributed by atoms with Gasteiger partial charge in [0.15, 0.2) is 0 Å². The minimum atomic E-state index is -0.286. The highest BCUT2D eigenvalue weighted by Gasteiger charge is 2.31. The van der Waals surface area contributed by atoms with E-state index >= 15 is 0 Å². The van der Waals surface area contributed by atoms with Crippen LogP contribution >= 0.6 is 0 Å². The average Bonchev–Trinajstić information content (AvgIpc) is 2.79. The monoisotopic (exact) mass is 419 g/mol. The minimum absolute atomic E-state index is 0.0580. The lowest BCUT2D eigenvalue weighted by Gasteiger charge is -2.38. The van der Waals surface area contributed by atoms with E-state index in [2.05, 4.69) is 4.90 Å². The Hall–Kier alpha value is -2.48. The van der Waals surface area contributed by atoms with E-state index < -0.39 is 0 Å². The number of methoxy groups -OCH3 is 2. The van der Waals surface area contributed by atoms with Crippen molar-refractivity contribution in [2.45, 2.75) is 26.3 Å². The minimum Gasteiger partial charge on any atom is -0.497 e. The number of hydrogen-bond acceptors (Lipinski definition) is 6. The summed E-state index contributed by atoms with van der Waals surface area (Å²) >= 11 is 0. The molecule has 8 heteroatoms. The average molecular weight is 420 g/mol. The van der Waals surface area contributed by atoms with Crippen molar-refractivity contribution in [3.63, 3.8) is 0 Å². The zero-order chi connectivity index (χ0) is 21.5. The van der Waals surface area contributed by atoms with Gasteiger partial charge in [-0.05, 0) is 51.1 Å². The van der Waals surface area contributed by atoms with Crippen molar-refractivity contribution in [2.24, 2.45) is 5.92 Å². The van der Waals surface area contributed by atoms with Crippen LogP contribution in [0.25, 0.3) is 0 Å². The van der Waals surface area contributed by atoms with Gasteiger partial charge in [-0.25, -0.2) is 4.79 Å².